The summed E-state index contributed by atoms with van der Waals surface area (Å²) in [5.74, 6) is 0. The van der Waals surface area contributed by atoms with E-state index in [1.807, 2.05) is 0 Å². The second kappa shape index (κ2) is 6.95. The summed E-state index contributed by atoms with van der Waals surface area (Å²) in [4.78, 5) is 10.1. The molecule has 10 heteroatoms. The number of sulfonamides is 1. The van der Waals surface area contributed by atoms with Gasteiger partial charge in [0, 0.05) is 16.7 Å². The monoisotopic (exact) mass is 368 g/mol. The lowest BCUT2D eigenvalue weighted by molar-refractivity contribution is -0.384. The maximum atomic E-state index is 11.3. The summed E-state index contributed by atoms with van der Waals surface area (Å²) in [5, 5.41) is 20.7. The molecule has 0 atom stereocenters. The van der Waals surface area contributed by atoms with Gasteiger partial charge < -0.3 is 0 Å². The minimum Gasteiger partial charge on any atom is -0.271 e. The predicted molar refractivity (Wildman–Crippen MR) is 91.8 cm³/mol. The van der Waals surface area contributed by atoms with Gasteiger partial charge in [0.15, 0.2) is 0 Å². The van der Waals surface area contributed by atoms with E-state index in [1.54, 1.807) is 31.2 Å². The van der Waals surface area contributed by atoms with Gasteiger partial charge in [0.05, 0.1) is 15.5 Å². The van der Waals surface area contributed by atoms with Crippen molar-refractivity contribution in [3.63, 3.8) is 0 Å². The summed E-state index contributed by atoms with van der Waals surface area (Å²) >= 11 is 6.06. The fourth-order valence-electron chi connectivity index (χ4n) is 1.89. The molecule has 2 aromatic rings. The molecule has 0 aromatic heterocycles. The molecule has 0 amide bonds. The molecule has 8 nitrogen and oxygen atoms in total. The molecule has 24 heavy (non-hydrogen) atoms. The number of hydrazone groups is 1. The van der Waals surface area contributed by atoms with E-state index in [0.29, 0.717) is 16.3 Å². The Morgan fingerprint density at radius 3 is 2.54 bits per heavy atom. The highest BCUT2D eigenvalue weighted by atomic mass is 35.5. The van der Waals surface area contributed by atoms with Crippen LogP contribution in [0.15, 0.2) is 52.5 Å². The van der Waals surface area contributed by atoms with Crippen molar-refractivity contribution in [1.29, 1.82) is 0 Å². The smallest absolute Gasteiger partial charge is 0.271 e. The Bertz CT molecular complexity index is 928. The van der Waals surface area contributed by atoms with Gasteiger partial charge in [0.1, 0.15) is 5.69 Å². The van der Waals surface area contributed by atoms with Crippen LogP contribution in [0, 0.1) is 10.1 Å². The molecule has 2 rings (SSSR count). The molecule has 0 saturated heterocycles. The maximum absolute atomic E-state index is 11.3. The number of nitrogens with zero attached hydrogens (tertiary/aromatic N) is 2. The number of hydrogen-bond acceptors (Lipinski definition) is 6. The number of primary sulfonamides is 1. The Morgan fingerprint density at radius 2 is 1.96 bits per heavy atom. The largest absolute Gasteiger partial charge is 0.295 e. The third-order valence-electron chi connectivity index (χ3n) is 3.10. The van der Waals surface area contributed by atoms with Crippen LogP contribution in [0.5, 0.6) is 0 Å². The van der Waals surface area contributed by atoms with Crippen molar-refractivity contribution in [2.45, 2.75) is 11.8 Å². The van der Waals surface area contributed by atoms with Crippen molar-refractivity contribution >= 4 is 38.7 Å². The van der Waals surface area contributed by atoms with E-state index in [1.165, 1.54) is 6.07 Å². The SMILES string of the molecule is C/C(=N/Nc1ccc(S(N)(=O)=O)cc1[N+](=O)[O-])c1ccccc1Cl. The zero-order chi connectivity index (χ0) is 17.9. The Balaban J connectivity index is 2.38. The molecule has 0 unspecified atom stereocenters. The number of nitro benzene ring substituents is 1. The molecule has 0 aliphatic heterocycles. The first-order valence-electron chi connectivity index (χ1n) is 6.56. The Kier molecular flexibility index (Phi) is 5.17. The van der Waals surface area contributed by atoms with Gasteiger partial charge >= 0.3 is 0 Å². The normalized spacial score (nSPS) is 12.0. The fourth-order valence-corrected chi connectivity index (χ4v) is 2.70. The summed E-state index contributed by atoms with van der Waals surface area (Å²) in [7, 11) is -4.04. The number of benzene rings is 2. The van der Waals surface area contributed by atoms with E-state index >= 15 is 0 Å². The van der Waals surface area contributed by atoms with Crippen LogP contribution in [0.3, 0.4) is 0 Å². The van der Waals surface area contributed by atoms with Crippen LogP contribution in [0.4, 0.5) is 11.4 Å². The first-order valence-corrected chi connectivity index (χ1v) is 8.49. The summed E-state index contributed by atoms with van der Waals surface area (Å²) in [5.41, 5.74) is 3.28. The molecule has 0 aliphatic rings. The van der Waals surface area contributed by atoms with Crippen LogP contribution in [0.2, 0.25) is 5.02 Å². The second-order valence-corrected chi connectivity index (χ2v) is 6.74. The average Bonchev–Trinajstić information content (AvgIpc) is 2.51. The first-order chi connectivity index (χ1) is 11.2. The zero-order valence-corrected chi connectivity index (χ0v) is 14.0. The highest BCUT2D eigenvalue weighted by Gasteiger charge is 2.19. The molecule has 3 N–H and O–H groups in total. The third-order valence-corrected chi connectivity index (χ3v) is 4.34. The quantitative estimate of drug-likeness (QED) is 0.476. The van der Waals surface area contributed by atoms with Crippen LogP contribution < -0.4 is 10.6 Å². The van der Waals surface area contributed by atoms with E-state index in [-0.39, 0.29) is 10.6 Å². The third kappa shape index (κ3) is 4.07. The lowest BCUT2D eigenvalue weighted by Crippen LogP contribution is -2.12. The van der Waals surface area contributed by atoms with E-state index in [9.17, 15) is 18.5 Å². The fraction of sp³-hybridized carbons (Fsp3) is 0.0714. The van der Waals surface area contributed by atoms with Gasteiger partial charge in [-0.25, -0.2) is 13.6 Å². The minimum absolute atomic E-state index is 0.0267. The lowest BCUT2D eigenvalue weighted by Gasteiger charge is -2.07. The average molecular weight is 369 g/mol. The first kappa shape index (κ1) is 17.9. The standard InChI is InChI=1S/C14H13ClN4O4S/c1-9(11-4-2-3-5-12(11)15)17-18-13-7-6-10(24(16,22)23)8-14(13)19(20)21/h2-8,18H,1H3,(H2,16,22,23)/b17-9-. The molecule has 126 valence electrons. The molecular weight excluding hydrogens is 356 g/mol. The molecule has 0 aliphatic carbocycles. The molecule has 0 fully saturated rings. The summed E-state index contributed by atoms with van der Waals surface area (Å²) in [6.07, 6.45) is 0. The van der Waals surface area contributed by atoms with Crippen molar-refractivity contribution in [2.24, 2.45) is 10.2 Å². The Hall–Kier alpha value is -2.49. The van der Waals surface area contributed by atoms with Crippen LogP contribution in [-0.2, 0) is 10.0 Å². The number of nitro groups is 1. The minimum atomic E-state index is -4.04. The van der Waals surface area contributed by atoms with E-state index in [4.69, 9.17) is 16.7 Å². The molecular formula is C14H13ClN4O4S. The predicted octanol–water partition coefficient (Wildman–Crippen LogP) is 2.73. The molecule has 0 spiro atoms. The van der Waals surface area contributed by atoms with Crippen LogP contribution >= 0.6 is 11.6 Å². The van der Waals surface area contributed by atoms with E-state index < -0.39 is 20.6 Å². The molecule has 0 saturated carbocycles. The number of halogens is 1. The summed E-state index contributed by atoms with van der Waals surface area (Å²) in [6, 6.07) is 10.2. The van der Waals surface area contributed by atoms with Gasteiger partial charge in [-0.15, -0.1) is 0 Å². The number of hydrogen-bond donors (Lipinski definition) is 2. The van der Waals surface area contributed by atoms with Gasteiger partial charge in [-0.05, 0) is 25.1 Å². The number of nitrogens with two attached hydrogens (primary N) is 1. The van der Waals surface area contributed by atoms with Crippen molar-refractivity contribution in [3.05, 3.63) is 63.2 Å². The van der Waals surface area contributed by atoms with Gasteiger partial charge in [-0.2, -0.15) is 5.10 Å². The van der Waals surface area contributed by atoms with Crippen molar-refractivity contribution in [3.8, 4) is 0 Å². The highest BCUT2D eigenvalue weighted by molar-refractivity contribution is 7.89. The van der Waals surface area contributed by atoms with Gasteiger partial charge in [0.25, 0.3) is 5.69 Å². The highest BCUT2D eigenvalue weighted by Crippen LogP contribution is 2.27. The van der Waals surface area contributed by atoms with Crippen molar-refractivity contribution in [2.75, 3.05) is 5.43 Å². The van der Waals surface area contributed by atoms with Crippen LogP contribution in [0.1, 0.15) is 12.5 Å². The number of nitrogens with one attached hydrogen (secondary N) is 1. The number of anilines is 1. The van der Waals surface area contributed by atoms with Crippen LogP contribution in [0.25, 0.3) is 0 Å². The van der Waals surface area contributed by atoms with Gasteiger partial charge in [0.2, 0.25) is 10.0 Å². The summed E-state index contributed by atoms with van der Waals surface area (Å²) in [6.45, 7) is 1.68. The number of rotatable bonds is 5. The zero-order valence-electron chi connectivity index (χ0n) is 12.4. The van der Waals surface area contributed by atoms with Gasteiger partial charge in [-0.1, -0.05) is 29.8 Å². The summed E-state index contributed by atoms with van der Waals surface area (Å²) < 4.78 is 22.6. The van der Waals surface area contributed by atoms with E-state index in [0.717, 1.165) is 12.1 Å². The van der Waals surface area contributed by atoms with E-state index in [2.05, 4.69) is 10.5 Å². The second-order valence-electron chi connectivity index (χ2n) is 4.77. The van der Waals surface area contributed by atoms with Crippen molar-refractivity contribution in [1.82, 2.24) is 0 Å². The maximum Gasteiger partial charge on any atom is 0.295 e. The molecule has 0 bridgehead atoms. The van der Waals surface area contributed by atoms with Gasteiger partial charge in [-0.3, -0.25) is 15.5 Å². The Morgan fingerprint density at radius 1 is 1.29 bits per heavy atom. The molecule has 0 radical (unpaired) electrons. The lowest BCUT2D eigenvalue weighted by atomic mass is 10.1. The Labute approximate surface area is 143 Å². The topological polar surface area (TPSA) is 128 Å². The van der Waals surface area contributed by atoms with Crippen LogP contribution in [-0.4, -0.2) is 19.1 Å². The molecule has 0 heterocycles. The van der Waals surface area contributed by atoms with Crippen molar-refractivity contribution < 1.29 is 13.3 Å². The molecule has 2 aromatic carbocycles.